The average Bonchev–Trinajstić information content (AvgIpc) is 3.24. The van der Waals surface area contributed by atoms with Crippen LogP contribution in [-0.2, 0) is 14.3 Å². The molecule has 1 aliphatic rings. The smallest absolute Gasteiger partial charge is 0.408 e. The summed E-state index contributed by atoms with van der Waals surface area (Å²) in [6, 6.07) is 15.2. The predicted molar refractivity (Wildman–Crippen MR) is 159 cm³/mol. The van der Waals surface area contributed by atoms with Crippen molar-refractivity contribution in [3.63, 3.8) is 0 Å². The molecular weight excluding hydrogens is 522 g/mol. The van der Waals surface area contributed by atoms with Crippen LogP contribution in [0.5, 0.6) is 0 Å². The van der Waals surface area contributed by atoms with Crippen molar-refractivity contribution < 1.29 is 29.0 Å². The molecule has 2 aromatic rings. The fourth-order valence-electron chi connectivity index (χ4n) is 5.08. The van der Waals surface area contributed by atoms with Gasteiger partial charge in [-0.25, -0.2) is 14.4 Å². The Labute approximate surface area is 243 Å². The van der Waals surface area contributed by atoms with Gasteiger partial charge >= 0.3 is 18.2 Å². The molecule has 0 unspecified atom stereocenters. The third-order valence-corrected chi connectivity index (χ3v) is 7.06. The van der Waals surface area contributed by atoms with E-state index >= 15 is 0 Å². The molecule has 0 saturated heterocycles. The van der Waals surface area contributed by atoms with Crippen LogP contribution in [0.2, 0.25) is 0 Å². The lowest BCUT2D eigenvalue weighted by atomic mass is 9.98. The van der Waals surface area contributed by atoms with Crippen LogP contribution < -0.4 is 16.0 Å². The summed E-state index contributed by atoms with van der Waals surface area (Å²) in [7, 11) is 0. The largest absolute Gasteiger partial charge is 0.480 e. The van der Waals surface area contributed by atoms with E-state index in [0.29, 0.717) is 13.1 Å². The summed E-state index contributed by atoms with van der Waals surface area (Å²) in [5.41, 5.74) is 3.95. The van der Waals surface area contributed by atoms with Crippen LogP contribution in [0.15, 0.2) is 48.5 Å². The lowest BCUT2D eigenvalue weighted by Crippen LogP contribution is -2.46. The number of carboxylic acid groups (broad SMARTS) is 1. The molecule has 2 aromatic carbocycles. The van der Waals surface area contributed by atoms with Crippen molar-refractivity contribution in [3.05, 3.63) is 59.7 Å². The summed E-state index contributed by atoms with van der Waals surface area (Å²) in [4.78, 5) is 36.6. The second-order valence-corrected chi connectivity index (χ2v) is 11.5. The number of ether oxygens (including phenoxy) is 2. The number of carboxylic acids is 1. The first-order chi connectivity index (χ1) is 19.6. The Morgan fingerprint density at radius 3 is 2.10 bits per heavy atom. The topological polar surface area (TPSA) is 126 Å². The van der Waals surface area contributed by atoms with Gasteiger partial charge in [-0.3, -0.25) is 0 Å². The van der Waals surface area contributed by atoms with Crippen LogP contribution in [-0.4, -0.2) is 60.6 Å². The molecule has 0 saturated carbocycles. The molecule has 224 valence electrons. The second kappa shape index (κ2) is 15.4. The molecule has 9 heteroatoms. The van der Waals surface area contributed by atoms with Crippen LogP contribution in [0, 0.1) is 0 Å². The minimum absolute atomic E-state index is 0.0142. The van der Waals surface area contributed by atoms with E-state index in [0.717, 1.165) is 43.2 Å². The Hall–Kier alpha value is -3.59. The SMILES string of the molecule is CCCCCC[C@@H](CNCC[C@H](NC(=O)OC(C)(C)C)C(=O)O)NC(=O)OCC1c2ccccc2-c2ccccc21. The normalized spacial score (nSPS) is 14.0. The summed E-state index contributed by atoms with van der Waals surface area (Å²) in [6.07, 6.45) is 3.98. The van der Waals surface area contributed by atoms with E-state index in [4.69, 9.17) is 9.47 Å². The van der Waals surface area contributed by atoms with Gasteiger partial charge in [0.15, 0.2) is 0 Å². The van der Waals surface area contributed by atoms with Crippen molar-refractivity contribution in [2.45, 2.75) is 89.8 Å². The number of amides is 2. The zero-order valence-corrected chi connectivity index (χ0v) is 24.7. The molecule has 2 amide bonds. The highest BCUT2D eigenvalue weighted by Crippen LogP contribution is 2.44. The Morgan fingerprint density at radius 2 is 1.51 bits per heavy atom. The zero-order chi connectivity index (χ0) is 29.8. The minimum atomic E-state index is -1.13. The van der Waals surface area contributed by atoms with Gasteiger partial charge in [-0.05, 0) is 62.4 Å². The molecule has 0 radical (unpaired) electrons. The molecule has 1 aliphatic carbocycles. The van der Waals surface area contributed by atoms with Gasteiger partial charge in [-0.15, -0.1) is 0 Å². The molecule has 0 bridgehead atoms. The maximum absolute atomic E-state index is 12.9. The Kier molecular flexibility index (Phi) is 12.0. The van der Waals surface area contributed by atoms with Crippen molar-refractivity contribution in [3.8, 4) is 11.1 Å². The van der Waals surface area contributed by atoms with Crippen molar-refractivity contribution in [2.24, 2.45) is 0 Å². The van der Waals surface area contributed by atoms with Crippen molar-refractivity contribution in [2.75, 3.05) is 19.7 Å². The number of benzene rings is 2. The maximum atomic E-state index is 12.9. The van der Waals surface area contributed by atoms with Gasteiger partial charge in [-0.1, -0.05) is 81.1 Å². The van der Waals surface area contributed by atoms with Gasteiger partial charge in [0.2, 0.25) is 0 Å². The molecule has 41 heavy (non-hydrogen) atoms. The van der Waals surface area contributed by atoms with Crippen molar-refractivity contribution >= 4 is 18.2 Å². The molecule has 0 heterocycles. The Morgan fingerprint density at radius 1 is 0.878 bits per heavy atom. The number of hydrogen-bond donors (Lipinski definition) is 4. The standard InChI is InChI=1S/C32H45N3O6/c1-5-6-7-8-13-22(20-33-19-18-28(29(36)37)35-31(39)41-32(2,3)4)34-30(38)40-21-27-25-16-11-9-14-23(25)24-15-10-12-17-26(24)27/h9-12,14-17,22,27-28,33H,5-8,13,18-21H2,1-4H3,(H,34,38)(H,35,39)(H,36,37)/t22-,28-/m0/s1. The van der Waals surface area contributed by atoms with Gasteiger partial charge < -0.3 is 30.5 Å². The number of nitrogens with one attached hydrogen (secondary N) is 3. The molecule has 0 fully saturated rings. The lowest BCUT2D eigenvalue weighted by molar-refractivity contribution is -0.139. The number of carbonyl (C=O) groups excluding carboxylic acids is 2. The number of hydrogen-bond acceptors (Lipinski definition) is 6. The van der Waals surface area contributed by atoms with Gasteiger partial charge in [0, 0.05) is 18.5 Å². The van der Waals surface area contributed by atoms with Gasteiger partial charge in [0.1, 0.15) is 18.2 Å². The molecule has 9 nitrogen and oxygen atoms in total. The highest BCUT2D eigenvalue weighted by atomic mass is 16.6. The van der Waals surface area contributed by atoms with Gasteiger partial charge in [0.25, 0.3) is 0 Å². The van der Waals surface area contributed by atoms with Crippen LogP contribution in [0.3, 0.4) is 0 Å². The molecular formula is C32H45N3O6. The predicted octanol–water partition coefficient (Wildman–Crippen LogP) is 5.82. The first-order valence-electron chi connectivity index (χ1n) is 14.6. The fraction of sp³-hybridized carbons (Fsp3) is 0.531. The summed E-state index contributed by atoms with van der Waals surface area (Å²) in [6.45, 7) is 8.33. The molecule has 0 spiro atoms. The highest BCUT2D eigenvalue weighted by Gasteiger charge is 2.29. The van der Waals surface area contributed by atoms with Gasteiger partial charge in [-0.2, -0.15) is 0 Å². The quantitative estimate of drug-likeness (QED) is 0.200. The Bertz CT molecular complexity index is 1120. The molecule has 2 atom stereocenters. The third kappa shape index (κ3) is 10.1. The van der Waals surface area contributed by atoms with Gasteiger partial charge in [0.05, 0.1) is 0 Å². The molecule has 0 aromatic heterocycles. The molecule has 3 rings (SSSR count). The van der Waals surface area contributed by atoms with E-state index in [-0.39, 0.29) is 25.0 Å². The van der Waals surface area contributed by atoms with E-state index in [1.54, 1.807) is 20.8 Å². The summed E-state index contributed by atoms with van der Waals surface area (Å²) in [5.74, 6) is -1.15. The number of unbranched alkanes of at least 4 members (excludes halogenated alkanes) is 3. The van der Waals surface area contributed by atoms with Crippen LogP contribution in [0.1, 0.15) is 83.3 Å². The van der Waals surface area contributed by atoms with Crippen LogP contribution in [0.4, 0.5) is 9.59 Å². The van der Waals surface area contributed by atoms with Crippen LogP contribution >= 0.6 is 0 Å². The van der Waals surface area contributed by atoms with E-state index in [2.05, 4.69) is 47.1 Å². The summed E-state index contributed by atoms with van der Waals surface area (Å²) >= 11 is 0. The number of fused-ring (bicyclic) bond motifs is 3. The first kappa shape index (κ1) is 31.9. The fourth-order valence-corrected chi connectivity index (χ4v) is 5.08. The average molecular weight is 568 g/mol. The summed E-state index contributed by atoms with van der Waals surface area (Å²) < 4.78 is 10.9. The Balaban J connectivity index is 1.51. The lowest BCUT2D eigenvalue weighted by Gasteiger charge is -2.23. The number of rotatable bonds is 15. The summed E-state index contributed by atoms with van der Waals surface area (Å²) in [5, 5.41) is 18.2. The monoisotopic (exact) mass is 567 g/mol. The van der Waals surface area contributed by atoms with E-state index < -0.39 is 29.8 Å². The number of aliphatic carboxylic acids is 1. The zero-order valence-electron chi connectivity index (χ0n) is 24.7. The molecule has 4 N–H and O–H groups in total. The first-order valence-corrected chi connectivity index (χ1v) is 14.6. The molecule has 0 aliphatic heterocycles. The van der Waals surface area contributed by atoms with E-state index in [1.807, 2.05) is 24.3 Å². The van der Waals surface area contributed by atoms with Crippen molar-refractivity contribution in [1.29, 1.82) is 0 Å². The third-order valence-electron chi connectivity index (χ3n) is 7.06. The second-order valence-electron chi connectivity index (χ2n) is 11.5. The highest BCUT2D eigenvalue weighted by molar-refractivity contribution is 5.80. The maximum Gasteiger partial charge on any atom is 0.408 e. The van der Waals surface area contributed by atoms with E-state index in [1.165, 1.54) is 11.1 Å². The van der Waals surface area contributed by atoms with Crippen molar-refractivity contribution in [1.82, 2.24) is 16.0 Å². The minimum Gasteiger partial charge on any atom is -0.480 e. The van der Waals surface area contributed by atoms with Crippen LogP contribution in [0.25, 0.3) is 11.1 Å². The van der Waals surface area contributed by atoms with E-state index in [9.17, 15) is 19.5 Å². The number of carbonyl (C=O) groups is 3. The number of alkyl carbamates (subject to hydrolysis) is 2.